The molecule has 8 heteroatoms. The van der Waals surface area contributed by atoms with Crippen LogP contribution in [0.1, 0.15) is 47.4 Å². The molecule has 2 heterocycles. The van der Waals surface area contributed by atoms with Gasteiger partial charge in [0.05, 0.1) is 36.9 Å². The molecular formula is C28H26FN3O4. The van der Waals surface area contributed by atoms with Crippen LogP contribution in [0.5, 0.6) is 11.5 Å². The molecule has 0 atom stereocenters. The van der Waals surface area contributed by atoms with E-state index >= 15 is 0 Å². The largest absolute Gasteiger partial charge is 0.493 e. The number of halogens is 1. The van der Waals surface area contributed by atoms with Crippen LogP contribution in [0.3, 0.4) is 0 Å². The number of methoxy groups -OCH3 is 2. The first kappa shape index (κ1) is 23.5. The number of rotatable bonds is 7. The fourth-order valence-corrected chi connectivity index (χ4v) is 4.46. The Hall–Kier alpha value is -4.20. The Bertz CT molecular complexity index is 1420. The Balaban J connectivity index is 1.57. The van der Waals surface area contributed by atoms with Gasteiger partial charge in [0, 0.05) is 17.8 Å². The summed E-state index contributed by atoms with van der Waals surface area (Å²) in [6.45, 7) is 0. The number of imidazole rings is 1. The molecule has 7 nitrogen and oxygen atoms in total. The average Bonchev–Trinajstić information content (AvgIpc) is 3.55. The van der Waals surface area contributed by atoms with Crippen molar-refractivity contribution in [1.29, 1.82) is 0 Å². The zero-order chi connectivity index (χ0) is 25.1. The fourth-order valence-electron chi connectivity index (χ4n) is 4.46. The SMILES string of the molecule is COC(=O)c1ccc(-n2c(C=Cc3cccc(OC)c3OC3CCCC3)nc3ccc(F)cc32)nc1. The summed E-state index contributed by atoms with van der Waals surface area (Å²) in [5.74, 6) is 1.53. The number of nitrogens with zero attached hydrogens (tertiary/aromatic N) is 3. The predicted molar refractivity (Wildman–Crippen MR) is 135 cm³/mol. The summed E-state index contributed by atoms with van der Waals surface area (Å²) < 4.78 is 32.6. The minimum Gasteiger partial charge on any atom is -0.493 e. The van der Waals surface area contributed by atoms with Gasteiger partial charge in [-0.15, -0.1) is 0 Å². The van der Waals surface area contributed by atoms with Crippen molar-refractivity contribution in [2.24, 2.45) is 0 Å². The van der Waals surface area contributed by atoms with E-state index in [0.717, 1.165) is 31.2 Å². The Kier molecular flexibility index (Phi) is 6.66. The van der Waals surface area contributed by atoms with E-state index in [4.69, 9.17) is 19.2 Å². The van der Waals surface area contributed by atoms with Gasteiger partial charge in [-0.2, -0.15) is 0 Å². The summed E-state index contributed by atoms with van der Waals surface area (Å²) in [6.07, 6.45) is 9.70. The molecule has 0 aliphatic heterocycles. The molecule has 0 radical (unpaired) electrons. The zero-order valence-corrected chi connectivity index (χ0v) is 20.1. The molecule has 0 saturated heterocycles. The zero-order valence-electron chi connectivity index (χ0n) is 20.1. The number of aromatic nitrogens is 3. The van der Waals surface area contributed by atoms with Crippen LogP contribution in [-0.2, 0) is 4.74 Å². The highest BCUT2D eigenvalue weighted by molar-refractivity contribution is 5.89. The second-order valence-corrected chi connectivity index (χ2v) is 8.57. The van der Waals surface area contributed by atoms with Crippen LogP contribution in [0.2, 0.25) is 0 Å². The van der Waals surface area contributed by atoms with Crippen molar-refractivity contribution in [2.45, 2.75) is 31.8 Å². The number of pyridine rings is 1. The molecule has 1 aliphatic rings. The Morgan fingerprint density at radius 2 is 1.92 bits per heavy atom. The van der Waals surface area contributed by atoms with Crippen LogP contribution in [0.4, 0.5) is 4.39 Å². The Morgan fingerprint density at radius 1 is 1.08 bits per heavy atom. The summed E-state index contributed by atoms with van der Waals surface area (Å²) in [4.78, 5) is 21.0. The molecule has 0 unspecified atom stereocenters. The van der Waals surface area contributed by atoms with Crippen LogP contribution < -0.4 is 9.47 Å². The molecule has 5 rings (SSSR count). The second-order valence-electron chi connectivity index (χ2n) is 8.57. The first-order valence-corrected chi connectivity index (χ1v) is 11.8. The van der Waals surface area contributed by atoms with Gasteiger partial charge in [0.15, 0.2) is 11.5 Å². The van der Waals surface area contributed by atoms with Crippen molar-refractivity contribution in [3.05, 3.63) is 77.5 Å². The van der Waals surface area contributed by atoms with Gasteiger partial charge < -0.3 is 14.2 Å². The van der Waals surface area contributed by atoms with E-state index < -0.39 is 5.97 Å². The number of fused-ring (bicyclic) bond motifs is 1. The number of carbonyl (C=O) groups excluding carboxylic acids is 1. The molecule has 1 fully saturated rings. The third-order valence-corrected chi connectivity index (χ3v) is 6.27. The lowest BCUT2D eigenvalue weighted by Gasteiger charge is -2.18. The normalized spacial score (nSPS) is 14.0. The number of para-hydroxylation sites is 1. The van der Waals surface area contributed by atoms with Gasteiger partial charge in [-0.1, -0.05) is 12.1 Å². The van der Waals surface area contributed by atoms with Gasteiger partial charge in [0.25, 0.3) is 0 Å². The van der Waals surface area contributed by atoms with Crippen LogP contribution in [0, 0.1) is 5.82 Å². The number of hydrogen-bond acceptors (Lipinski definition) is 6. The van der Waals surface area contributed by atoms with Gasteiger partial charge in [-0.3, -0.25) is 4.57 Å². The van der Waals surface area contributed by atoms with Crippen molar-refractivity contribution in [2.75, 3.05) is 14.2 Å². The average molecular weight is 488 g/mol. The number of ether oxygens (including phenoxy) is 3. The molecule has 2 aromatic heterocycles. The van der Waals surface area contributed by atoms with Gasteiger partial charge in [0.1, 0.15) is 17.5 Å². The Labute approximate surface area is 208 Å². The molecule has 36 heavy (non-hydrogen) atoms. The van der Waals surface area contributed by atoms with Crippen LogP contribution in [0.25, 0.3) is 29.0 Å². The van der Waals surface area contributed by atoms with E-state index in [-0.39, 0.29) is 11.9 Å². The maximum Gasteiger partial charge on any atom is 0.339 e. The summed E-state index contributed by atoms with van der Waals surface area (Å²) in [7, 11) is 2.94. The molecule has 0 bridgehead atoms. The first-order valence-electron chi connectivity index (χ1n) is 11.8. The number of benzene rings is 2. The number of carbonyl (C=O) groups is 1. The van der Waals surface area contributed by atoms with Crippen molar-refractivity contribution in [3.8, 4) is 17.3 Å². The molecule has 4 aromatic rings. The second kappa shape index (κ2) is 10.2. The van der Waals surface area contributed by atoms with E-state index in [1.165, 1.54) is 25.4 Å². The first-order chi connectivity index (χ1) is 17.6. The van der Waals surface area contributed by atoms with Crippen LogP contribution in [-0.4, -0.2) is 40.8 Å². The number of esters is 1. The van der Waals surface area contributed by atoms with Gasteiger partial charge in [-0.25, -0.2) is 19.2 Å². The maximum absolute atomic E-state index is 14.2. The smallest absolute Gasteiger partial charge is 0.339 e. The van der Waals surface area contributed by atoms with E-state index in [2.05, 4.69) is 4.98 Å². The maximum atomic E-state index is 14.2. The van der Waals surface area contributed by atoms with Crippen LogP contribution >= 0.6 is 0 Å². The minimum atomic E-state index is -0.483. The van der Waals surface area contributed by atoms with E-state index in [9.17, 15) is 9.18 Å². The van der Waals surface area contributed by atoms with Crippen molar-refractivity contribution < 1.29 is 23.4 Å². The monoisotopic (exact) mass is 487 g/mol. The summed E-state index contributed by atoms with van der Waals surface area (Å²) >= 11 is 0. The third kappa shape index (κ3) is 4.66. The molecule has 1 aliphatic carbocycles. The summed E-state index contributed by atoms with van der Waals surface area (Å²) in [5.41, 5.74) is 2.34. The highest BCUT2D eigenvalue weighted by Crippen LogP contribution is 2.36. The van der Waals surface area contributed by atoms with Crippen molar-refractivity contribution in [1.82, 2.24) is 14.5 Å². The lowest BCUT2D eigenvalue weighted by molar-refractivity contribution is 0.0600. The minimum absolute atomic E-state index is 0.165. The molecule has 184 valence electrons. The summed E-state index contributed by atoms with van der Waals surface area (Å²) in [5, 5.41) is 0. The van der Waals surface area contributed by atoms with Gasteiger partial charge >= 0.3 is 5.97 Å². The van der Waals surface area contributed by atoms with Crippen LogP contribution in [0.15, 0.2) is 54.7 Å². The van der Waals surface area contributed by atoms with Crippen molar-refractivity contribution in [3.63, 3.8) is 0 Å². The van der Waals surface area contributed by atoms with Gasteiger partial charge in [0.2, 0.25) is 0 Å². The molecule has 1 saturated carbocycles. The highest BCUT2D eigenvalue weighted by Gasteiger charge is 2.20. The molecule has 2 aromatic carbocycles. The quantitative estimate of drug-likeness (QED) is 0.305. The third-order valence-electron chi connectivity index (χ3n) is 6.27. The topological polar surface area (TPSA) is 75.5 Å². The Morgan fingerprint density at radius 3 is 2.64 bits per heavy atom. The highest BCUT2D eigenvalue weighted by atomic mass is 19.1. The molecular weight excluding hydrogens is 461 g/mol. The molecule has 0 spiro atoms. The van der Waals surface area contributed by atoms with E-state index in [1.807, 2.05) is 30.4 Å². The van der Waals surface area contributed by atoms with Crippen molar-refractivity contribution >= 4 is 29.2 Å². The predicted octanol–water partition coefficient (Wildman–Crippen LogP) is 5.85. The van der Waals surface area contributed by atoms with E-state index in [1.54, 1.807) is 29.9 Å². The molecule has 0 N–H and O–H groups in total. The standard InChI is InChI=1S/C28H26FN3O4/c1-34-24-9-5-6-18(27(24)36-21-7-3-4-8-21)10-15-26-31-22-13-12-20(29)16-23(22)32(26)25-14-11-19(17-30-25)28(33)35-2/h5-6,9-17,21H,3-4,7-8H2,1-2H3. The number of hydrogen-bond donors (Lipinski definition) is 0. The lowest BCUT2D eigenvalue weighted by Crippen LogP contribution is -2.12. The van der Waals surface area contributed by atoms with Gasteiger partial charge in [-0.05, 0) is 68.2 Å². The van der Waals surface area contributed by atoms with E-state index in [0.29, 0.717) is 39.7 Å². The summed E-state index contributed by atoms with van der Waals surface area (Å²) in [6, 6.07) is 13.4. The fraction of sp³-hybridized carbons (Fsp3) is 0.250. The lowest BCUT2D eigenvalue weighted by atomic mass is 10.1. The molecule has 0 amide bonds.